The Morgan fingerprint density at radius 3 is 2.44 bits per heavy atom. The van der Waals surface area contributed by atoms with E-state index in [0.29, 0.717) is 45.0 Å². The van der Waals surface area contributed by atoms with Crippen LogP contribution in [0, 0.1) is 0 Å². The molecule has 5 rings (SSSR count). The average Bonchev–Trinajstić information content (AvgIpc) is 3.42. The number of hydrogen-bond acceptors (Lipinski definition) is 8. The number of hydrogen-bond donors (Lipinski definition) is 1. The van der Waals surface area contributed by atoms with E-state index in [-0.39, 0.29) is 0 Å². The second-order valence-electron chi connectivity index (χ2n) is 8.69. The van der Waals surface area contributed by atoms with Crippen molar-refractivity contribution >= 4 is 32.5 Å². The fourth-order valence-electron chi connectivity index (χ4n) is 4.30. The number of nitrogens with one attached hydrogen (secondary N) is 1. The van der Waals surface area contributed by atoms with E-state index >= 15 is 0 Å². The van der Waals surface area contributed by atoms with Gasteiger partial charge in [0.25, 0.3) is 0 Å². The Morgan fingerprint density at radius 1 is 0.902 bits per heavy atom. The molecule has 0 saturated heterocycles. The van der Waals surface area contributed by atoms with Gasteiger partial charge in [-0.2, -0.15) is 15.3 Å². The van der Waals surface area contributed by atoms with Crippen LogP contribution in [-0.2, 0) is 6.54 Å². The molecule has 0 fully saturated rings. The van der Waals surface area contributed by atoms with Gasteiger partial charge in [-0.15, -0.1) is 13.2 Å². The standard InChI is InChI=1S/C28H23BrF3N5O4/c1-38-18-6-4-17(26(9-18)39-2)12-33-24-14-34-36-23-8-16(5-7-20(23)24)21-10-22(29)27(40-3)11-25(21)37-15-19(13-35-37)41-28(30,31)32/h4-11,13-15H,12H2,1-3H3,(H,33,36). The van der Waals surface area contributed by atoms with Crippen LogP contribution in [0.15, 0.2) is 71.6 Å². The molecule has 0 atom stereocenters. The van der Waals surface area contributed by atoms with Gasteiger partial charge in [-0.3, -0.25) is 0 Å². The lowest BCUT2D eigenvalue weighted by Gasteiger charge is -2.15. The highest BCUT2D eigenvalue weighted by Crippen LogP contribution is 2.38. The summed E-state index contributed by atoms with van der Waals surface area (Å²) in [4.78, 5) is 0. The predicted molar refractivity (Wildman–Crippen MR) is 150 cm³/mol. The van der Waals surface area contributed by atoms with E-state index in [9.17, 15) is 13.2 Å². The molecule has 3 aromatic carbocycles. The van der Waals surface area contributed by atoms with Gasteiger partial charge in [-0.05, 0) is 51.8 Å². The second kappa shape index (κ2) is 11.5. The quantitative estimate of drug-likeness (QED) is 0.191. The van der Waals surface area contributed by atoms with E-state index in [1.165, 1.54) is 11.8 Å². The Morgan fingerprint density at radius 2 is 1.71 bits per heavy atom. The summed E-state index contributed by atoms with van der Waals surface area (Å²) in [5.74, 6) is 1.40. The molecule has 0 aliphatic heterocycles. The van der Waals surface area contributed by atoms with Crippen LogP contribution in [0.5, 0.6) is 23.0 Å². The minimum Gasteiger partial charge on any atom is -0.497 e. The van der Waals surface area contributed by atoms with Crippen LogP contribution < -0.4 is 24.3 Å². The van der Waals surface area contributed by atoms with Gasteiger partial charge < -0.3 is 24.3 Å². The minimum atomic E-state index is -4.84. The van der Waals surface area contributed by atoms with Crippen molar-refractivity contribution in [3.05, 3.63) is 77.2 Å². The summed E-state index contributed by atoms with van der Waals surface area (Å²) in [6.45, 7) is 0.465. The van der Waals surface area contributed by atoms with E-state index in [1.807, 2.05) is 36.4 Å². The molecule has 1 N–H and O–H groups in total. The number of aromatic nitrogens is 4. The molecule has 0 amide bonds. The Kier molecular flexibility index (Phi) is 7.88. The van der Waals surface area contributed by atoms with Crippen LogP contribution in [0.4, 0.5) is 18.9 Å². The fraction of sp³-hybridized carbons (Fsp3) is 0.179. The lowest BCUT2D eigenvalue weighted by atomic mass is 10.0. The molecular formula is C28H23BrF3N5O4. The highest BCUT2D eigenvalue weighted by atomic mass is 79.9. The van der Waals surface area contributed by atoms with Crippen LogP contribution in [0.3, 0.4) is 0 Å². The molecule has 0 spiro atoms. The predicted octanol–water partition coefficient (Wildman–Crippen LogP) is 6.78. The molecule has 0 radical (unpaired) electrons. The van der Waals surface area contributed by atoms with Crippen molar-refractivity contribution in [2.45, 2.75) is 12.9 Å². The Balaban J connectivity index is 1.50. The molecule has 0 saturated carbocycles. The fourth-order valence-corrected chi connectivity index (χ4v) is 4.81. The number of anilines is 1. The summed E-state index contributed by atoms with van der Waals surface area (Å²) >= 11 is 3.50. The van der Waals surface area contributed by atoms with Crippen LogP contribution in [0.1, 0.15) is 5.56 Å². The van der Waals surface area contributed by atoms with Gasteiger partial charge in [-0.25, -0.2) is 4.68 Å². The molecule has 0 aliphatic carbocycles. The van der Waals surface area contributed by atoms with E-state index < -0.39 is 12.1 Å². The number of fused-ring (bicyclic) bond motifs is 1. The maximum atomic E-state index is 12.8. The average molecular weight is 630 g/mol. The highest BCUT2D eigenvalue weighted by molar-refractivity contribution is 9.10. The Labute approximate surface area is 240 Å². The first-order chi connectivity index (χ1) is 19.7. The lowest BCUT2D eigenvalue weighted by molar-refractivity contribution is -0.274. The summed E-state index contributed by atoms with van der Waals surface area (Å²) in [7, 11) is 4.69. The first kappa shape index (κ1) is 28.0. The molecule has 212 valence electrons. The molecule has 9 nitrogen and oxygen atoms in total. The molecular weight excluding hydrogens is 607 g/mol. The van der Waals surface area contributed by atoms with Gasteiger partial charge in [0.2, 0.25) is 0 Å². The summed E-state index contributed by atoms with van der Waals surface area (Å²) in [6.07, 6.45) is -1.06. The van der Waals surface area contributed by atoms with Gasteiger partial charge in [0.15, 0.2) is 5.75 Å². The van der Waals surface area contributed by atoms with Crippen molar-refractivity contribution in [3.63, 3.8) is 0 Å². The molecule has 0 aliphatic rings. The number of rotatable bonds is 9. The maximum absolute atomic E-state index is 12.8. The topological polar surface area (TPSA) is 92.5 Å². The monoisotopic (exact) mass is 629 g/mol. The Hall–Kier alpha value is -4.52. The molecule has 0 unspecified atom stereocenters. The van der Waals surface area contributed by atoms with Gasteiger partial charge >= 0.3 is 6.36 Å². The third kappa shape index (κ3) is 6.14. The molecule has 2 heterocycles. The summed E-state index contributed by atoms with van der Waals surface area (Å²) in [5, 5.41) is 16.8. The van der Waals surface area contributed by atoms with Crippen LogP contribution >= 0.6 is 15.9 Å². The van der Waals surface area contributed by atoms with E-state index in [2.05, 4.69) is 41.3 Å². The summed E-state index contributed by atoms with van der Waals surface area (Å²) < 4.78 is 60.4. The lowest BCUT2D eigenvalue weighted by Crippen LogP contribution is -2.16. The number of benzene rings is 3. The number of ether oxygens (including phenoxy) is 4. The second-order valence-corrected chi connectivity index (χ2v) is 9.55. The van der Waals surface area contributed by atoms with Gasteiger partial charge in [0.1, 0.15) is 17.2 Å². The zero-order valence-corrected chi connectivity index (χ0v) is 23.6. The summed E-state index contributed by atoms with van der Waals surface area (Å²) in [6, 6.07) is 14.7. The number of nitrogens with zero attached hydrogens (tertiary/aromatic N) is 4. The zero-order chi connectivity index (χ0) is 29.1. The van der Waals surface area contributed by atoms with Gasteiger partial charge in [0.05, 0.1) is 61.3 Å². The number of halogens is 4. The zero-order valence-electron chi connectivity index (χ0n) is 22.0. The Bertz CT molecular complexity index is 1710. The smallest absolute Gasteiger partial charge is 0.497 e. The van der Waals surface area contributed by atoms with Gasteiger partial charge in [0, 0.05) is 35.2 Å². The van der Waals surface area contributed by atoms with Crippen molar-refractivity contribution in [3.8, 4) is 39.8 Å². The van der Waals surface area contributed by atoms with E-state index in [1.54, 1.807) is 32.5 Å². The van der Waals surface area contributed by atoms with Crippen molar-refractivity contribution in [1.82, 2.24) is 20.0 Å². The van der Waals surface area contributed by atoms with Crippen LogP contribution in [0.25, 0.3) is 27.7 Å². The van der Waals surface area contributed by atoms with Crippen molar-refractivity contribution < 1.29 is 32.1 Å². The SMILES string of the molecule is COc1ccc(CNc2cnnc3cc(-c4cc(Br)c(OC)cc4-n4cc(OC(F)(F)F)cn4)ccc23)c(OC)c1. The maximum Gasteiger partial charge on any atom is 0.573 e. The van der Waals surface area contributed by atoms with E-state index in [0.717, 1.165) is 34.6 Å². The summed E-state index contributed by atoms with van der Waals surface area (Å²) in [5.41, 5.74) is 4.15. The molecule has 5 aromatic rings. The van der Waals surface area contributed by atoms with Crippen molar-refractivity contribution in [2.75, 3.05) is 26.6 Å². The first-order valence-electron chi connectivity index (χ1n) is 12.1. The normalized spacial score (nSPS) is 11.4. The third-order valence-corrected chi connectivity index (χ3v) is 6.84. The molecule has 0 bridgehead atoms. The first-order valence-corrected chi connectivity index (χ1v) is 12.9. The number of methoxy groups -OCH3 is 3. The molecule has 2 aromatic heterocycles. The highest BCUT2D eigenvalue weighted by Gasteiger charge is 2.32. The van der Waals surface area contributed by atoms with E-state index in [4.69, 9.17) is 14.2 Å². The molecule has 13 heteroatoms. The van der Waals surface area contributed by atoms with Crippen LogP contribution in [0.2, 0.25) is 0 Å². The third-order valence-electron chi connectivity index (χ3n) is 6.22. The van der Waals surface area contributed by atoms with Crippen molar-refractivity contribution in [1.29, 1.82) is 0 Å². The van der Waals surface area contributed by atoms with Crippen molar-refractivity contribution in [2.24, 2.45) is 0 Å². The number of alkyl halides is 3. The molecule has 41 heavy (non-hydrogen) atoms. The largest absolute Gasteiger partial charge is 0.573 e. The van der Waals surface area contributed by atoms with Crippen LogP contribution in [-0.4, -0.2) is 47.7 Å². The minimum absolute atomic E-state index is 0.445. The van der Waals surface area contributed by atoms with Gasteiger partial charge in [-0.1, -0.05) is 6.07 Å².